The molecule has 3 rings (SSSR count). The predicted octanol–water partition coefficient (Wildman–Crippen LogP) is 3.52. The van der Waals surface area contributed by atoms with Gasteiger partial charge in [-0.25, -0.2) is 4.99 Å². The molecule has 2 aromatic rings. The molecule has 1 N–H and O–H groups in total. The number of thiophene rings is 1. The number of rotatable bonds is 5. The van der Waals surface area contributed by atoms with Crippen molar-refractivity contribution in [2.24, 2.45) is 18.0 Å². The van der Waals surface area contributed by atoms with Gasteiger partial charge in [-0.2, -0.15) is 11.8 Å². The highest BCUT2D eigenvalue weighted by Gasteiger charge is 2.25. The maximum absolute atomic E-state index is 4.89. The number of aliphatic imine (C=N–C) groups is 1. The van der Waals surface area contributed by atoms with E-state index in [0.29, 0.717) is 17.7 Å². The van der Waals surface area contributed by atoms with Crippen LogP contribution in [-0.4, -0.2) is 49.7 Å². The van der Waals surface area contributed by atoms with Gasteiger partial charge in [0.1, 0.15) is 12.4 Å². The fourth-order valence-electron chi connectivity index (χ4n) is 2.85. The first kappa shape index (κ1) is 22.5. The number of thioether (sulfide) groups is 1. The van der Waals surface area contributed by atoms with E-state index in [-0.39, 0.29) is 24.0 Å². The third-order valence-corrected chi connectivity index (χ3v) is 7.11. The van der Waals surface area contributed by atoms with E-state index in [2.05, 4.69) is 63.5 Å². The zero-order valence-corrected chi connectivity index (χ0v) is 20.3. The molecule has 0 radical (unpaired) electrons. The number of nitrogens with zero attached hydrogens (tertiary/aromatic N) is 5. The Balaban J connectivity index is 0.00000261. The maximum Gasteiger partial charge on any atom is 0.194 e. The van der Waals surface area contributed by atoms with Crippen LogP contribution in [0.4, 0.5) is 0 Å². The first-order valence-corrected chi connectivity index (χ1v) is 11.0. The standard InChI is InChI=1S/C18H28N6S2.HI/c1-13(2)16-12-24(7-9-26-16)18(19-10-15-6-5-8-25-15)20-11-17-22-21-14(3)23(17)4;/h5-6,8,13,16H,7,9-12H2,1-4H3,(H,19,20);1H. The van der Waals surface area contributed by atoms with Gasteiger partial charge in [-0.1, -0.05) is 19.9 Å². The van der Waals surface area contributed by atoms with Gasteiger partial charge in [-0.05, 0) is 24.3 Å². The highest BCUT2D eigenvalue weighted by molar-refractivity contribution is 14.0. The fraction of sp³-hybridized carbons (Fsp3) is 0.611. The van der Waals surface area contributed by atoms with E-state index < -0.39 is 0 Å². The first-order chi connectivity index (χ1) is 12.5. The van der Waals surface area contributed by atoms with Crippen LogP contribution < -0.4 is 5.32 Å². The number of hydrogen-bond acceptors (Lipinski definition) is 5. The first-order valence-electron chi connectivity index (χ1n) is 9.06. The molecule has 0 aliphatic carbocycles. The molecule has 0 spiro atoms. The molecular weight excluding hydrogens is 491 g/mol. The van der Waals surface area contributed by atoms with Crippen LogP contribution in [0.3, 0.4) is 0 Å². The van der Waals surface area contributed by atoms with Crippen molar-refractivity contribution in [2.75, 3.05) is 18.8 Å². The van der Waals surface area contributed by atoms with Crippen LogP contribution in [0.1, 0.15) is 30.4 Å². The minimum atomic E-state index is 0. The second kappa shape index (κ2) is 10.7. The largest absolute Gasteiger partial charge is 0.351 e. The average Bonchev–Trinajstić information content (AvgIpc) is 3.27. The Morgan fingerprint density at radius 3 is 2.85 bits per heavy atom. The number of nitrogens with one attached hydrogen (secondary N) is 1. The van der Waals surface area contributed by atoms with Gasteiger partial charge in [0.15, 0.2) is 11.8 Å². The molecule has 1 aliphatic heterocycles. The van der Waals surface area contributed by atoms with Crippen LogP contribution in [0, 0.1) is 12.8 Å². The van der Waals surface area contributed by atoms with Crippen molar-refractivity contribution in [3.05, 3.63) is 34.0 Å². The van der Waals surface area contributed by atoms with Crippen molar-refractivity contribution in [2.45, 2.75) is 39.1 Å². The molecule has 2 aromatic heterocycles. The van der Waals surface area contributed by atoms with Crippen molar-refractivity contribution in [3.63, 3.8) is 0 Å². The average molecular weight is 521 g/mol. The summed E-state index contributed by atoms with van der Waals surface area (Å²) in [5, 5.41) is 14.7. The molecule has 0 saturated carbocycles. The summed E-state index contributed by atoms with van der Waals surface area (Å²) in [5.41, 5.74) is 0. The third-order valence-electron chi connectivity index (χ3n) is 4.69. The number of hydrogen-bond donors (Lipinski definition) is 1. The molecule has 0 bridgehead atoms. The minimum absolute atomic E-state index is 0. The van der Waals surface area contributed by atoms with E-state index in [1.165, 1.54) is 4.88 Å². The Morgan fingerprint density at radius 1 is 1.41 bits per heavy atom. The monoisotopic (exact) mass is 520 g/mol. The van der Waals surface area contributed by atoms with Crippen LogP contribution in [0.2, 0.25) is 0 Å². The molecule has 1 atom stereocenters. The highest BCUT2D eigenvalue weighted by atomic mass is 127. The molecule has 3 heterocycles. The topological polar surface area (TPSA) is 58.3 Å². The van der Waals surface area contributed by atoms with Crippen LogP contribution in [0.15, 0.2) is 22.5 Å². The summed E-state index contributed by atoms with van der Waals surface area (Å²) >= 11 is 3.85. The number of aryl methyl sites for hydroxylation is 1. The lowest BCUT2D eigenvalue weighted by atomic mass is 10.1. The minimum Gasteiger partial charge on any atom is -0.351 e. The van der Waals surface area contributed by atoms with E-state index in [1.54, 1.807) is 11.3 Å². The van der Waals surface area contributed by atoms with Crippen LogP contribution in [0.25, 0.3) is 0 Å². The molecule has 0 amide bonds. The summed E-state index contributed by atoms with van der Waals surface area (Å²) < 4.78 is 2.00. The Hall–Kier alpha value is -0.810. The van der Waals surface area contributed by atoms with Crippen molar-refractivity contribution in [3.8, 4) is 0 Å². The smallest absolute Gasteiger partial charge is 0.194 e. The Kier molecular flexibility index (Phi) is 8.87. The number of aromatic nitrogens is 3. The van der Waals surface area contributed by atoms with Crippen molar-refractivity contribution >= 4 is 53.0 Å². The Labute approximate surface area is 187 Å². The molecule has 1 unspecified atom stereocenters. The summed E-state index contributed by atoms with van der Waals surface area (Å²) in [6.07, 6.45) is 0. The van der Waals surface area contributed by atoms with Gasteiger partial charge >= 0.3 is 0 Å². The molecule has 1 saturated heterocycles. The zero-order chi connectivity index (χ0) is 18.5. The van der Waals surface area contributed by atoms with Gasteiger partial charge in [0.2, 0.25) is 0 Å². The van der Waals surface area contributed by atoms with Gasteiger partial charge in [0, 0.05) is 36.0 Å². The molecule has 0 aromatic carbocycles. The maximum atomic E-state index is 4.89. The molecule has 27 heavy (non-hydrogen) atoms. The van der Waals surface area contributed by atoms with E-state index in [0.717, 1.165) is 43.0 Å². The van der Waals surface area contributed by atoms with Crippen molar-refractivity contribution < 1.29 is 0 Å². The van der Waals surface area contributed by atoms with Crippen LogP contribution >= 0.6 is 47.1 Å². The predicted molar refractivity (Wildman–Crippen MR) is 126 cm³/mol. The van der Waals surface area contributed by atoms with Crippen LogP contribution in [0.5, 0.6) is 0 Å². The van der Waals surface area contributed by atoms with Gasteiger partial charge in [0.05, 0.1) is 6.54 Å². The Morgan fingerprint density at radius 2 is 2.22 bits per heavy atom. The van der Waals surface area contributed by atoms with Crippen molar-refractivity contribution in [1.29, 1.82) is 0 Å². The molecule has 150 valence electrons. The highest BCUT2D eigenvalue weighted by Crippen LogP contribution is 2.25. The third kappa shape index (κ3) is 6.08. The van der Waals surface area contributed by atoms with Crippen molar-refractivity contribution in [1.82, 2.24) is 25.0 Å². The lowest BCUT2D eigenvalue weighted by Gasteiger charge is -2.36. The lowest BCUT2D eigenvalue weighted by Crippen LogP contribution is -2.48. The fourth-order valence-corrected chi connectivity index (χ4v) is 4.80. The van der Waals surface area contributed by atoms with Gasteiger partial charge in [-0.15, -0.1) is 45.5 Å². The zero-order valence-electron chi connectivity index (χ0n) is 16.4. The number of guanidine groups is 1. The quantitative estimate of drug-likeness (QED) is 0.372. The second-order valence-electron chi connectivity index (χ2n) is 6.89. The number of halogens is 1. The Bertz CT molecular complexity index is 728. The summed E-state index contributed by atoms with van der Waals surface area (Å²) in [6, 6.07) is 4.25. The summed E-state index contributed by atoms with van der Waals surface area (Å²) in [6.45, 7) is 9.99. The van der Waals surface area contributed by atoms with Gasteiger partial charge < -0.3 is 14.8 Å². The lowest BCUT2D eigenvalue weighted by molar-refractivity contribution is 0.379. The van der Waals surface area contributed by atoms with E-state index >= 15 is 0 Å². The molecule has 1 fully saturated rings. The van der Waals surface area contributed by atoms with Gasteiger partial charge in [-0.3, -0.25) is 0 Å². The molecule has 6 nitrogen and oxygen atoms in total. The van der Waals surface area contributed by atoms with E-state index in [4.69, 9.17) is 4.99 Å². The normalized spacial score (nSPS) is 17.9. The molecule has 1 aliphatic rings. The SMILES string of the molecule is Cc1nnc(CN=C(NCc2cccs2)N2CCSC(C(C)C)C2)n1C.I. The molecular formula is C18H29IN6S2. The molecule has 9 heteroatoms. The van der Waals surface area contributed by atoms with E-state index in [1.807, 2.05) is 18.5 Å². The summed E-state index contributed by atoms with van der Waals surface area (Å²) in [4.78, 5) is 8.61. The van der Waals surface area contributed by atoms with E-state index in [9.17, 15) is 0 Å². The summed E-state index contributed by atoms with van der Waals surface area (Å²) in [7, 11) is 1.99. The van der Waals surface area contributed by atoms with Crippen LogP contribution in [-0.2, 0) is 20.1 Å². The second-order valence-corrected chi connectivity index (χ2v) is 9.27. The van der Waals surface area contributed by atoms with Gasteiger partial charge in [0.25, 0.3) is 0 Å². The summed E-state index contributed by atoms with van der Waals surface area (Å²) in [5.74, 6) is 4.60.